The smallest absolute Gasteiger partial charge is 0.267 e. The molecule has 0 aliphatic carbocycles. The van der Waals surface area contributed by atoms with Crippen molar-refractivity contribution < 1.29 is 9.59 Å². The van der Waals surface area contributed by atoms with E-state index in [1.807, 2.05) is 50.2 Å². The fraction of sp³-hybridized carbons (Fsp3) is 0.105. The minimum absolute atomic E-state index is 0.309. The summed E-state index contributed by atoms with van der Waals surface area (Å²) < 4.78 is 0.309. The van der Waals surface area contributed by atoms with Gasteiger partial charge in [-0.2, -0.15) is 5.01 Å². The van der Waals surface area contributed by atoms with Crippen LogP contribution in [-0.4, -0.2) is 21.1 Å². The number of hydrogen-bond acceptors (Lipinski definition) is 4. The first-order valence-corrected chi connectivity index (χ1v) is 8.89. The number of hydrazine groups is 1. The van der Waals surface area contributed by atoms with Crippen molar-refractivity contribution >= 4 is 46.2 Å². The molecule has 0 unspecified atom stereocenters. The topological polar surface area (TPSA) is 49.4 Å². The number of nitrogens with one attached hydrogen (secondary N) is 1. The zero-order valence-corrected chi connectivity index (χ0v) is 15.4. The number of aryl methyl sites for hydroxylation is 2. The molecular weight excluding hydrogens is 352 g/mol. The molecule has 0 aromatic heterocycles. The molecule has 4 nitrogen and oxygen atoms in total. The Bertz CT molecular complexity index is 871. The molecule has 2 aromatic rings. The maximum atomic E-state index is 12.5. The highest BCUT2D eigenvalue weighted by atomic mass is 32.2. The van der Waals surface area contributed by atoms with Gasteiger partial charge in [-0.15, -0.1) is 0 Å². The zero-order chi connectivity index (χ0) is 18.0. The highest BCUT2D eigenvalue weighted by Gasteiger charge is 2.33. The molecule has 1 N–H and O–H groups in total. The SMILES string of the molecule is Cc1ccc(/C=C2\SC(=S)N(NC(=O)c3ccc(C)cc3)C2=O)cc1. The van der Waals surface area contributed by atoms with E-state index < -0.39 is 0 Å². The molecule has 0 atom stereocenters. The van der Waals surface area contributed by atoms with Gasteiger partial charge in [0.1, 0.15) is 0 Å². The Morgan fingerprint density at radius 2 is 1.60 bits per heavy atom. The second-order valence-corrected chi connectivity index (χ2v) is 7.41. The van der Waals surface area contributed by atoms with E-state index in [0.717, 1.165) is 21.7 Å². The molecular formula is C19H16N2O2S2. The summed E-state index contributed by atoms with van der Waals surface area (Å²) in [6.07, 6.45) is 1.77. The maximum Gasteiger partial charge on any atom is 0.285 e. The van der Waals surface area contributed by atoms with Crippen molar-refractivity contribution in [3.63, 3.8) is 0 Å². The number of benzene rings is 2. The first-order valence-electron chi connectivity index (χ1n) is 7.66. The van der Waals surface area contributed by atoms with Gasteiger partial charge in [-0.3, -0.25) is 15.0 Å². The van der Waals surface area contributed by atoms with Crippen LogP contribution in [0.15, 0.2) is 53.4 Å². The monoisotopic (exact) mass is 368 g/mol. The van der Waals surface area contributed by atoms with Crippen LogP contribution in [0, 0.1) is 13.8 Å². The van der Waals surface area contributed by atoms with E-state index in [9.17, 15) is 9.59 Å². The number of hydrogen-bond donors (Lipinski definition) is 1. The number of thioether (sulfide) groups is 1. The van der Waals surface area contributed by atoms with Crippen molar-refractivity contribution in [1.82, 2.24) is 10.4 Å². The number of carbonyl (C=O) groups is 2. The molecule has 1 heterocycles. The standard InChI is InChI=1S/C19H16N2O2S2/c1-12-3-7-14(8-4-12)11-16-18(23)21(19(24)25-16)20-17(22)15-9-5-13(2)6-10-15/h3-11H,1-2H3,(H,20,22)/b16-11-. The summed E-state index contributed by atoms with van der Waals surface area (Å²) in [6, 6.07) is 14.9. The van der Waals surface area contributed by atoms with Crippen molar-refractivity contribution in [2.45, 2.75) is 13.8 Å². The first kappa shape index (κ1) is 17.4. The Labute approximate surface area is 155 Å². The molecule has 0 saturated carbocycles. The van der Waals surface area contributed by atoms with Crippen molar-refractivity contribution in [3.8, 4) is 0 Å². The summed E-state index contributed by atoms with van der Waals surface area (Å²) in [6.45, 7) is 3.95. The van der Waals surface area contributed by atoms with Gasteiger partial charge in [0, 0.05) is 5.56 Å². The van der Waals surface area contributed by atoms with Gasteiger partial charge in [0.15, 0.2) is 4.32 Å². The zero-order valence-electron chi connectivity index (χ0n) is 13.8. The van der Waals surface area contributed by atoms with Crippen molar-refractivity contribution in [3.05, 3.63) is 75.7 Å². The Morgan fingerprint density at radius 1 is 1.04 bits per heavy atom. The average molecular weight is 368 g/mol. The van der Waals surface area contributed by atoms with E-state index in [4.69, 9.17) is 12.2 Å². The van der Waals surface area contributed by atoms with E-state index in [-0.39, 0.29) is 11.8 Å². The Hall–Kier alpha value is -2.44. The first-order chi connectivity index (χ1) is 11.9. The van der Waals surface area contributed by atoms with Crippen LogP contribution in [0.2, 0.25) is 0 Å². The summed E-state index contributed by atoms with van der Waals surface area (Å²) in [5.74, 6) is -0.691. The minimum Gasteiger partial charge on any atom is -0.267 e. The average Bonchev–Trinajstić information content (AvgIpc) is 2.85. The van der Waals surface area contributed by atoms with Gasteiger partial charge >= 0.3 is 0 Å². The number of amides is 2. The largest absolute Gasteiger partial charge is 0.285 e. The third kappa shape index (κ3) is 3.97. The highest BCUT2D eigenvalue weighted by molar-refractivity contribution is 8.26. The lowest BCUT2D eigenvalue weighted by atomic mass is 10.1. The van der Waals surface area contributed by atoms with Gasteiger partial charge in [0.2, 0.25) is 0 Å². The van der Waals surface area contributed by atoms with Crippen LogP contribution in [0.5, 0.6) is 0 Å². The van der Waals surface area contributed by atoms with Crippen LogP contribution < -0.4 is 5.43 Å². The van der Waals surface area contributed by atoms with Gasteiger partial charge in [-0.1, -0.05) is 59.3 Å². The third-order valence-corrected chi connectivity index (χ3v) is 5.00. The summed E-state index contributed by atoms with van der Waals surface area (Å²) >= 11 is 6.41. The second kappa shape index (κ2) is 7.21. The lowest BCUT2D eigenvalue weighted by molar-refractivity contribution is -0.123. The fourth-order valence-electron chi connectivity index (χ4n) is 2.25. The summed E-state index contributed by atoms with van der Waals surface area (Å²) in [7, 11) is 0. The molecule has 1 fully saturated rings. The highest BCUT2D eigenvalue weighted by Crippen LogP contribution is 2.31. The lowest BCUT2D eigenvalue weighted by Gasteiger charge is -2.15. The number of thiocarbonyl (C=S) groups is 1. The van der Waals surface area contributed by atoms with E-state index in [0.29, 0.717) is 14.8 Å². The van der Waals surface area contributed by atoms with E-state index in [1.165, 1.54) is 11.8 Å². The molecule has 25 heavy (non-hydrogen) atoms. The van der Waals surface area contributed by atoms with Crippen molar-refractivity contribution in [2.75, 3.05) is 0 Å². The number of nitrogens with zero attached hydrogens (tertiary/aromatic N) is 1. The van der Waals surface area contributed by atoms with Crippen LogP contribution in [0.1, 0.15) is 27.0 Å². The number of rotatable bonds is 3. The normalized spacial score (nSPS) is 15.8. The molecule has 1 aliphatic heterocycles. The van der Waals surface area contributed by atoms with Gasteiger partial charge < -0.3 is 0 Å². The molecule has 6 heteroatoms. The molecule has 1 saturated heterocycles. The van der Waals surface area contributed by atoms with E-state index in [1.54, 1.807) is 18.2 Å². The van der Waals surface area contributed by atoms with Gasteiger partial charge in [0.25, 0.3) is 11.8 Å². The second-order valence-electron chi connectivity index (χ2n) is 5.73. The Balaban J connectivity index is 1.76. The van der Waals surface area contributed by atoms with E-state index >= 15 is 0 Å². The molecule has 2 aromatic carbocycles. The van der Waals surface area contributed by atoms with Crippen LogP contribution in [0.25, 0.3) is 6.08 Å². The molecule has 3 rings (SSSR count). The lowest BCUT2D eigenvalue weighted by Crippen LogP contribution is -2.44. The Kier molecular flexibility index (Phi) is 5.01. The summed E-state index contributed by atoms with van der Waals surface area (Å²) in [5, 5.41) is 1.13. The van der Waals surface area contributed by atoms with Crippen LogP contribution in [-0.2, 0) is 4.79 Å². The van der Waals surface area contributed by atoms with Crippen LogP contribution >= 0.6 is 24.0 Å². The quantitative estimate of drug-likeness (QED) is 0.660. The van der Waals surface area contributed by atoms with Crippen molar-refractivity contribution in [2.24, 2.45) is 0 Å². The van der Waals surface area contributed by atoms with Crippen LogP contribution in [0.3, 0.4) is 0 Å². The molecule has 1 aliphatic rings. The molecule has 126 valence electrons. The van der Waals surface area contributed by atoms with Gasteiger partial charge in [-0.05, 0) is 49.8 Å². The minimum atomic E-state index is -0.368. The van der Waals surface area contributed by atoms with Gasteiger partial charge in [0.05, 0.1) is 4.91 Å². The summed E-state index contributed by atoms with van der Waals surface area (Å²) in [4.78, 5) is 25.3. The van der Waals surface area contributed by atoms with Crippen LogP contribution in [0.4, 0.5) is 0 Å². The van der Waals surface area contributed by atoms with Crippen molar-refractivity contribution in [1.29, 1.82) is 0 Å². The maximum absolute atomic E-state index is 12.5. The predicted octanol–water partition coefficient (Wildman–Crippen LogP) is 3.85. The molecule has 0 radical (unpaired) electrons. The molecule has 0 bridgehead atoms. The Morgan fingerprint density at radius 3 is 2.20 bits per heavy atom. The molecule has 2 amide bonds. The predicted molar refractivity (Wildman–Crippen MR) is 105 cm³/mol. The number of carbonyl (C=O) groups excluding carboxylic acids is 2. The molecule has 0 spiro atoms. The summed E-state index contributed by atoms with van der Waals surface area (Å²) in [5.41, 5.74) is 6.17. The third-order valence-electron chi connectivity index (χ3n) is 3.70. The van der Waals surface area contributed by atoms with Gasteiger partial charge in [-0.25, -0.2) is 0 Å². The fourth-order valence-corrected chi connectivity index (χ4v) is 3.43. The van der Waals surface area contributed by atoms with E-state index in [2.05, 4.69) is 5.43 Å².